The number of anilines is 1. The van der Waals surface area contributed by atoms with E-state index in [0.29, 0.717) is 38.0 Å². The van der Waals surface area contributed by atoms with Gasteiger partial charge in [0, 0.05) is 32.3 Å². The van der Waals surface area contributed by atoms with E-state index in [1.165, 1.54) is 17.1 Å². The zero-order valence-electron chi connectivity index (χ0n) is 17.2. The lowest BCUT2D eigenvalue weighted by molar-refractivity contribution is 0.119. The Hall–Kier alpha value is -1.71. The Kier molecular flexibility index (Phi) is 6.26. The number of hydrogen-bond donors (Lipinski definition) is 1. The number of likely N-dealkylation sites (N-methyl/N-ethyl adjacent to an activating group) is 1. The third-order valence-electron chi connectivity index (χ3n) is 5.18. The average molecular weight is 410 g/mol. The van der Waals surface area contributed by atoms with Crippen molar-refractivity contribution in [3.63, 3.8) is 0 Å². The van der Waals surface area contributed by atoms with Gasteiger partial charge in [0.15, 0.2) is 5.82 Å². The van der Waals surface area contributed by atoms with Crippen molar-refractivity contribution in [3.05, 3.63) is 17.6 Å². The molecule has 3 rings (SSSR count). The van der Waals surface area contributed by atoms with Crippen molar-refractivity contribution in [3.8, 4) is 0 Å². The molecule has 156 valence electrons. The summed E-state index contributed by atoms with van der Waals surface area (Å²) in [6.07, 6.45) is 3.45. The first-order valence-corrected chi connectivity index (χ1v) is 11.4. The summed E-state index contributed by atoms with van der Waals surface area (Å²) in [5.41, 5.74) is 8.69. The van der Waals surface area contributed by atoms with E-state index >= 15 is 0 Å². The molecule has 1 aliphatic carbocycles. The van der Waals surface area contributed by atoms with Crippen LogP contribution in [0.2, 0.25) is 0 Å². The maximum atomic E-state index is 12.1. The number of aromatic nitrogens is 3. The summed E-state index contributed by atoms with van der Waals surface area (Å²) in [6, 6.07) is 2.01. The molecule has 2 N–H and O–H groups in total. The van der Waals surface area contributed by atoms with Crippen LogP contribution in [0.3, 0.4) is 0 Å². The van der Waals surface area contributed by atoms with Crippen molar-refractivity contribution in [2.75, 3.05) is 32.5 Å². The van der Waals surface area contributed by atoms with E-state index < -0.39 is 15.3 Å². The van der Waals surface area contributed by atoms with Gasteiger partial charge in [-0.05, 0) is 45.6 Å². The summed E-state index contributed by atoms with van der Waals surface area (Å²) in [6.45, 7) is 7.13. The van der Waals surface area contributed by atoms with Crippen molar-refractivity contribution in [1.29, 1.82) is 0 Å². The minimum Gasteiger partial charge on any atom is -0.382 e. The minimum atomic E-state index is -3.24. The van der Waals surface area contributed by atoms with Crippen LogP contribution in [0, 0.1) is 12.8 Å². The van der Waals surface area contributed by atoms with Crippen LogP contribution in [0.15, 0.2) is 6.07 Å². The van der Waals surface area contributed by atoms with Crippen LogP contribution in [0.1, 0.15) is 38.2 Å². The predicted molar refractivity (Wildman–Crippen MR) is 111 cm³/mol. The number of imidazole rings is 1. The third-order valence-corrected chi connectivity index (χ3v) is 7.42. The van der Waals surface area contributed by atoms with Crippen molar-refractivity contribution < 1.29 is 13.2 Å². The van der Waals surface area contributed by atoms with Crippen LogP contribution in [-0.4, -0.2) is 59.3 Å². The van der Waals surface area contributed by atoms with Gasteiger partial charge in [-0.15, -0.1) is 0 Å². The second-order valence-electron chi connectivity index (χ2n) is 7.87. The van der Waals surface area contributed by atoms with E-state index in [1.54, 1.807) is 20.9 Å². The predicted octanol–water partition coefficient (Wildman–Crippen LogP) is 1.96. The molecule has 0 amide bonds. The van der Waals surface area contributed by atoms with Gasteiger partial charge in [0.2, 0.25) is 10.0 Å². The van der Waals surface area contributed by atoms with Gasteiger partial charge < -0.3 is 15.0 Å². The fourth-order valence-corrected chi connectivity index (χ4v) is 4.29. The molecule has 9 heteroatoms. The Morgan fingerprint density at radius 2 is 2.04 bits per heavy atom. The Bertz CT molecular complexity index is 935. The molecule has 1 saturated carbocycles. The first kappa shape index (κ1) is 21.0. The van der Waals surface area contributed by atoms with Crippen molar-refractivity contribution in [2.24, 2.45) is 5.92 Å². The lowest BCUT2D eigenvalue weighted by Gasteiger charge is -2.19. The number of aryl methyl sites for hydroxylation is 1. The molecular weight excluding hydrogens is 378 g/mol. The number of nitrogens with two attached hydrogens (primary N) is 1. The molecule has 1 aliphatic rings. The summed E-state index contributed by atoms with van der Waals surface area (Å²) >= 11 is 0. The Balaban J connectivity index is 1.63. The second-order valence-corrected chi connectivity index (χ2v) is 10.5. The van der Waals surface area contributed by atoms with Crippen LogP contribution < -0.4 is 5.73 Å². The molecule has 2 heterocycles. The number of ether oxygens (including phenoxy) is 1. The maximum absolute atomic E-state index is 12.1. The molecule has 0 aliphatic heterocycles. The number of pyridine rings is 1. The van der Waals surface area contributed by atoms with Gasteiger partial charge in [0.1, 0.15) is 11.3 Å². The Labute approximate surface area is 167 Å². The van der Waals surface area contributed by atoms with Gasteiger partial charge in [-0.2, -0.15) is 0 Å². The lowest BCUT2D eigenvalue weighted by atomic mass is 10.3. The molecule has 28 heavy (non-hydrogen) atoms. The highest BCUT2D eigenvalue weighted by Gasteiger charge is 2.25. The van der Waals surface area contributed by atoms with E-state index in [2.05, 4.69) is 9.55 Å². The summed E-state index contributed by atoms with van der Waals surface area (Å²) < 4.78 is 33.4. The van der Waals surface area contributed by atoms with Crippen LogP contribution in [0.5, 0.6) is 0 Å². The molecule has 2 aromatic rings. The third kappa shape index (κ3) is 4.64. The molecule has 0 radical (unpaired) electrons. The molecule has 0 aromatic carbocycles. The van der Waals surface area contributed by atoms with Crippen molar-refractivity contribution in [1.82, 2.24) is 18.8 Å². The van der Waals surface area contributed by atoms with E-state index in [1.807, 2.05) is 13.0 Å². The van der Waals surface area contributed by atoms with Gasteiger partial charge in [0.25, 0.3) is 0 Å². The fourth-order valence-electron chi connectivity index (χ4n) is 3.25. The van der Waals surface area contributed by atoms with Crippen molar-refractivity contribution in [2.45, 2.75) is 51.8 Å². The van der Waals surface area contributed by atoms with Crippen LogP contribution in [0.4, 0.5) is 5.82 Å². The van der Waals surface area contributed by atoms with E-state index in [9.17, 15) is 8.42 Å². The van der Waals surface area contributed by atoms with Gasteiger partial charge in [0.05, 0.1) is 24.0 Å². The second kappa shape index (κ2) is 8.34. The fraction of sp³-hybridized carbons (Fsp3) is 0.684. The Morgan fingerprint density at radius 3 is 2.68 bits per heavy atom. The number of rotatable bonds is 10. The summed E-state index contributed by atoms with van der Waals surface area (Å²) in [7, 11) is -1.65. The maximum Gasteiger partial charge on any atom is 0.216 e. The molecule has 8 nitrogen and oxygen atoms in total. The molecule has 0 saturated heterocycles. The standard InChI is InChI=1S/C19H31N5O3S/c1-13(2)28(25,26)23(4)7-9-27-10-8-24-16-11-14(3)21-19(20)18(16)22-17(24)12-15-5-6-15/h11,13,15H,5-10,12H2,1-4H3,(H2,20,21). The molecule has 0 unspecified atom stereocenters. The lowest BCUT2D eigenvalue weighted by Crippen LogP contribution is -2.35. The summed E-state index contributed by atoms with van der Waals surface area (Å²) in [4.78, 5) is 9.07. The highest BCUT2D eigenvalue weighted by molar-refractivity contribution is 7.89. The van der Waals surface area contributed by atoms with Crippen molar-refractivity contribution >= 4 is 26.9 Å². The number of fused-ring (bicyclic) bond motifs is 1. The minimum absolute atomic E-state index is 0.343. The molecule has 0 spiro atoms. The number of hydrogen-bond acceptors (Lipinski definition) is 6. The van der Waals surface area contributed by atoms with Gasteiger partial charge in [-0.3, -0.25) is 0 Å². The normalized spacial score (nSPS) is 15.2. The molecule has 2 aromatic heterocycles. The first-order chi connectivity index (χ1) is 13.2. The number of nitrogen functional groups attached to an aromatic ring is 1. The quantitative estimate of drug-likeness (QED) is 0.602. The molecule has 1 fully saturated rings. The highest BCUT2D eigenvalue weighted by atomic mass is 32.2. The number of nitrogens with zero attached hydrogens (tertiary/aromatic N) is 4. The van der Waals surface area contributed by atoms with Gasteiger partial charge in [-0.1, -0.05) is 0 Å². The zero-order valence-corrected chi connectivity index (χ0v) is 18.0. The van der Waals surface area contributed by atoms with Gasteiger partial charge >= 0.3 is 0 Å². The highest BCUT2D eigenvalue weighted by Crippen LogP contribution is 2.33. The summed E-state index contributed by atoms with van der Waals surface area (Å²) in [5, 5.41) is -0.429. The molecule has 0 atom stereocenters. The summed E-state index contributed by atoms with van der Waals surface area (Å²) in [5.74, 6) is 2.20. The van der Waals surface area contributed by atoms with E-state index in [-0.39, 0.29) is 0 Å². The van der Waals surface area contributed by atoms with E-state index in [0.717, 1.165) is 29.0 Å². The van der Waals surface area contributed by atoms with Crippen LogP contribution in [0.25, 0.3) is 11.0 Å². The monoisotopic (exact) mass is 409 g/mol. The zero-order chi connectivity index (χ0) is 20.5. The molecular formula is C19H31N5O3S. The smallest absolute Gasteiger partial charge is 0.216 e. The Morgan fingerprint density at radius 1 is 1.32 bits per heavy atom. The average Bonchev–Trinajstić information content (AvgIpc) is 3.36. The SMILES string of the molecule is Cc1cc2c(nc(CC3CC3)n2CCOCCN(C)S(=O)(=O)C(C)C)c(N)n1. The van der Waals surface area contributed by atoms with Gasteiger partial charge in [-0.25, -0.2) is 22.7 Å². The number of sulfonamides is 1. The largest absolute Gasteiger partial charge is 0.382 e. The molecule has 0 bridgehead atoms. The van der Waals surface area contributed by atoms with Crippen LogP contribution >= 0.6 is 0 Å². The van der Waals surface area contributed by atoms with Crippen LogP contribution in [-0.2, 0) is 27.7 Å². The topological polar surface area (TPSA) is 103 Å². The first-order valence-electron chi connectivity index (χ1n) is 9.85. The van der Waals surface area contributed by atoms with E-state index in [4.69, 9.17) is 15.5 Å².